The standard InChI is InChI=1S/C14H22N2O2/c1-5-10(3)16(4)13-11(14(17)18-6-2)8-7-9-12(13)15/h7-10H,5-6,15H2,1-4H3. The zero-order valence-corrected chi connectivity index (χ0v) is 11.6. The van der Waals surface area contributed by atoms with E-state index < -0.39 is 0 Å². The van der Waals surface area contributed by atoms with Crippen molar-refractivity contribution in [2.45, 2.75) is 33.2 Å². The van der Waals surface area contributed by atoms with Crippen molar-refractivity contribution in [2.24, 2.45) is 0 Å². The molecule has 0 fully saturated rings. The molecule has 0 bridgehead atoms. The minimum absolute atomic E-state index is 0.308. The Morgan fingerprint density at radius 1 is 1.44 bits per heavy atom. The van der Waals surface area contributed by atoms with Crippen molar-refractivity contribution >= 4 is 17.3 Å². The second-order valence-corrected chi connectivity index (χ2v) is 4.33. The lowest BCUT2D eigenvalue weighted by Gasteiger charge is -2.29. The van der Waals surface area contributed by atoms with Gasteiger partial charge in [-0.15, -0.1) is 0 Å². The van der Waals surface area contributed by atoms with Crippen LogP contribution in [0.4, 0.5) is 11.4 Å². The molecule has 0 saturated carbocycles. The van der Waals surface area contributed by atoms with E-state index in [1.165, 1.54) is 0 Å². The smallest absolute Gasteiger partial charge is 0.340 e. The molecular formula is C14H22N2O2. The molecule has 18 heavy (non-hydrogen) atoms. The Balaban J connectivity index is 3.19. The predicted octanol–water partition coefficient (Wildman–Crippen LogP) is 2.68. The summed E-state index contributed by atoms with van der Waals surface area (Å²) in [5.41, 5.74) is 7.88. The molecule has 0 radical (unpaired) electrons. The maximum atomic E-state index is 11.9. The second-order valence-electron chi connectivity index (χ2n) is 4.33. The van der Waals surface area contributed by atoms with E-state index in [2.05, 4.69) is 13.8 Å². The van der Waals surface area contributed by atoms with Crippen molar-refractivity contribution in [3.8, 4) is 0 Å². The molecule has 1 unspecified atom stereocenters. The third kappa shape index (κ3) is 2.94. The van der Waals surface area contributed by atoms with E-state index in [4.69, 9.17) is 10.5 Å². The Morgan fingerprint density at radius 2 is 2.11 bits per heavy atom. The number of benzene rings is 1. The monoisotopic (exact) mass is 250 g/mol. The van der Waals surface area contributed by atoms with Crippen LogP contribution in [0.5, 0.6) is 0 Å². The molecule has 0 aliphatic heterocycles. The Hall–Kier alpha value is -1.71. The quantitative estimate of drug-likeness (QED) is 0.645. The van der Waals surface area contributed by atoms with Crippen molar-refractivity contribution in [3.05, 3.63) is 23.8 Å². The number of anilines is 2. The Kier molecular flexibility index (Phi) is 5.01. The normalized spacial score (nSPS) is 12.0. The Morgan fingerprint density at radius 3 is 2.67 bits per heavy atom. The van der Waals surface area contributed by atoms with Gasteiger partial charge in [-0.3, -0.25) is 0 Å². The van der Waals surface area contributed by atoms with E-state index in [1.807, 2.05) is 11.9 Å². The number of rotatable bonds is 5. The molecule has 1 aromatic carbocycles. The average molecular weight is 250 g/mol. The molecular weight excluding hydrogens is 228 g/mol. The van der Waals surface area contributed by atoms with Crippen LogP contribution in [0, 0.1) is 0 Å². The molecule has 0 saturated heterocycles. The lowest BCUT2D eigenvalue weighted by Crippen LogP contribution is -2.30. The summed E-state index contributed by atoms with van der Waals surface area (Å²) in [7, 11) is 1.95. The minimum atomic E-state index is -0.324. The molecule has 0 amide bonds. The average Bonchev–Trinajstić information content (AvgIpc) is 2.37. The topological polar surface area (TPSA) is 55.6 Å². The Labute approximate surface area is 109 Å². The van der Waals surface area contributed by atoms with Gasteiger partial charge >= 0.3 is 5.97 Å². The zero-order chi connectivity index (χ0) is 13.7. The summed E-state index contributed by atoms with van der Waals surface area (Å²) >= 11 is 0. The van der Waals surface area contributed by atoms with Gasteiger partial charge in [0.05, 0.1) is 23.5 Å². The highest BCUT2D eigenvalue weighted by molar-refractivity contribution is 5.99. The van der Waals surface area contributed by atoms with Crippen LogP contribution < -0.4 is 10.6 Å². The number of hydrogen-bond donors (Lipinski definition) is 1. The van der Waals surface area contributed by atoms with Crippen molar-refractivity contribution in [1.82, 2.24) is 0 Å². The molecule has 4 heteroatoms. The molecule has 0 aliphatic carbocycles. The van der Waals surface area contributed by atoms with E-state index in [1.54, 1.807) is 25.1 Å². The van der Waals surface area contributed by atoms with Crippen LogP contribution >= 0.6 is 0 Å². The van der Waals surface area contributed by atoms with Gasteiger partial charge in [0.1, 0.15) is 0 Å². The molecule has 0 heterocycles. The van der Waals surface area contributed by atoms with Crippen molar-refractivity contribution < 1.29 is 9.53 Å². The summed E-state index contributed by atoms with van der Waals surface area (Å²) in [4.78, 5) is 14.0. The van der Waals surface area contributed by atoms with Gasteiger partial charge in [0.2, 0.25) is 0 Å². The third-order valence-electron chi connectivity index (χ3n) is 3.17. The molecule has 0 aliphatic rings. The summed E-state index contributed by atoms with van der Waals surface area (Å²) in [6.45, 7) is 6.36. The van der Waals surface area contributed by atoms with Crippen LogP contribution in [0.25, 0.3) is 0 Å². The van der Waals surface area contributed by atoms with Crippen LogP contribution in [-0.2, 0) is 4.74 Å². The van der Waals surface area contributed by atoms with Gasteiger partial charge in [-0.05, 0) is 32.4 Å². The highest BCUT2D eigenvalue weighted by Crippen LogP contribution is 2.29. The van der Waals surface area contributed by atoms with Gasteiger partial charge < -0.3 is 15.4 Å². The number of nitrogens with zero attached hydrogens (tertiary/aromatic N) is 1. The first-order valence-electron chi connectivity index (χ1n) is 6.31. The second kappa shape index (κ2) is 6.28. The summed E-state index contributed by atoms with van der Waals surface area (Å²) in [5, 5.41) is 0. The lowest BCUT2D eigenvalue weighted by atomic mass is 10.1. The number of carbonyl (C=O) groups is 1. The maximum Gasteiger partial charge on any atom is 0.340 e. The zero-order valence-electron chi connectivity index (χ0n) is 11.6. The fourth-order valence-corrected chi connectivity index (χ4v) is 1.82. The molecule has 1 aromatic rings. The fourth-order valence-electron chi connectivity index (χ4n) is 1.82. The molecule has 100 valence electrons. The molecule has 4 nitrogen and oxygen atoms in total. The Bertz CT molecular complexity index is 418. The SMILES string of the molecule is CCOC(=O)c1cccc(N)c1N(C)C(C)CC. The summed E-state index contributed by atoms with van der Waals surface area (Å²) in [6.07, 6.45) is 0.979. The van der Waals surface area contributed by atoms with E-state index in [0.29, 0.717) is 23.9 Å². The van der Waals surface area contributed by atoms with Gasteiger partial charge in [0.25, 0.3) is 0 Å². The largest absolute Gasteiger partial charge is 0.462 e. The van der Waals surface area contributed by atoms with Crippen molar-refractivity contribution in [3.63, 3.8) is 0 Å². The number of ether oxygens (including phenoxy) is 1. The minimum Gasteiger partial charge on any atom is -0.462 e. The van der Waals surface area contributed by atoms with Crippen LogP contribution in [0.2, 0.25) is 0 Å². The highest BCUT2D eigenvalue weighted by Gasteiger charge is 2.20. The lowest BCUT2D eigenvalue weighted by molar-refractivity contribution is 0.0527. The van der Waals surface area contributed by atoms with Crippen molar-refractivity contribution in [2.75, 3.05) is 24.3 Å². The van der Waals surface area contributed by atoms with Gasteiger partial charge in [-0.2, -0.15) is 0 Å². The maximum absolute atomic E-state index is 11.9. The van der Waals surface area contributed by atoms with Crippen LogP contribution in [0.3, 0.4) is 0 Å². The number of hydrogen-bond acceptors (Lipinski definition) is 4. The fraction of sp³-hybridized carbons (Fsp3) is 0.500. The highest BCUT2D eigenvalue weighted by atomic mass is 16.5. The van der Waals surface area contributed by atoms with E-state index in [9.17, 15) is 4.79 Å². The molecule has 1 rings (SSSR count). The number of nitrogens with two attached hydrogens (primary N) is 1. The van der Waals surface area contributed by atoms with E-state index in [0.717, 1.165) is 12.1 Å². The summed E-state index contributed by atoms with van der Waals surface area (Å²) < 4.78 is 5.07. The molecule has 2 N–H and O–H groups in total. The number of para-hydroxylation sites is 1. The van der Waals surface area contributed by atoms with Gasteiger partial charge in [0.15, 0.2) is 0 Å². The van der Waals surface area contributed by atoms with Crippen LogP contribution in [-0.4, -0.2) is 25.7 Å². The molecule has 0 aromatic heterocycles. The number of carbonyl (C=O) groups excluding carboxylic acids is 1. The van der Waals surface area contributed by atoms with Crippen molar-refractivity contribution in [1.29, 1.82) is 0 Å². The van der Waals surface area contributed by atoms with Crippen LogP contribution in [0.15, 0.2) is 18.2 Å². The van der Waals surface area contributed by atoms with E-state index in [-0.39, 0.29) is 5.97 Å². The number of esters is 1. The van der Waals surface area contributed by atoms with Gasteiger partial charge in [0, 0.05) is 13.1 Å². The summed E-state index contributed by atoms with van der Waals surface area (Å²) in [6, 6.07) is 5.64. The van der Waals surface area contributed by atoms with Gasteiger partial charge in [-0.25, -0.2) is 4.79 Å². The van der Waals surface area contributed by atoms with Crippen LogP contribution in [0.1, 0.15) is 37.6 Å². The first-order chi connectivity index (χ1) is 8.52. The van der Waals surface area contributed by atoms with E-state index >= 15 is 0 Å². The van der Waals surface area contributed by atoms with Gasteiger partial charge in [-0.1, -0.05) is 13.0 Å². The number of nitrogen functional groups attached to an aromatic ring is 1. The summed E-state index contributed by atoms with van der Waals surface area (Å²) in [5.74, 6) is -0.324. The first-order valence-corrected chi connectivity index (χ1v) is 6.31. The first kappa shape index (κ1) is 14.4. The molecule has 0 spiro atoms. The predicted molar refractivity (Wildman–Crippen MR) is 75.0 cm³/mol. The molecule has 1 atom stereocenters. The third-order valence-corrected chi connectivity index (χ3v) is 3.17.